The van der Waals surface area contributed by atoms with Gasteiger partial charge < -0.3 is 4.18 Å². The van der Waals surface area contributed by atoms with Gasteiger partial charge in [0.1, 0.15) is 10.6 Å². The number of rotatable bonds is 4. The van der Waals surface area contributed by atoms with Crippen LogP contribution in [0.15, 0.2) is 77.7 Å². The highest BCUT2D eigenvalue weighted by Gasteiger charge is 2.33. The summed E-state index contributed by atoms with van der Waals surface area (Å²) in [6, 6.07) is 20.3. The number of nitrogens with zero attached hydrogens (tertiary/aromatic N) is 1. The number of hydrogen-bond acceptors (Lipinski definition) is 5. The Morgan fingerprint density at radius 2 is 1.48 bits per heavy atom. The molecule has 2 amide bonds. The molecule has 154 valence electrons. The van der Waals surface area contributed by atoms with Crippen LogP contribution in [0.4, 0.5) is 0 Å². The molecule has 0 aromatic heterocycles. The van der Waals surface area contributed by atoms with Crippen molar-refractivity contribution in [3.63, 3.8) is 0 Å². The monoisotopic (exact) mass is 431 g/mol. The van der Waals surface area contributed by atoms with E-state index in [0.717, 1.165) is 15.7 Å². The van der Waals surface area contributed by atoms with E-state index in [1.807, 2.05) is 24.3 Å². The first-order chi connectivity index (χ1) is 14.9. The fraction of sp³-hybridized carbons (Fsp3) is 0.0833. The van der Waals surface area contributed by atoms with Crippen molar-refractivity contribution in [1.82, 2.24) is 4.90 Å². The first-order valence-electron chi connectivity index (χ1n) is 9.75. The van der Waals surface area contributed by atoms with Crippen molar-refractivity contribution in [3.8, 4) is 5.75 Å². The summed E-state index contributed by atoms with van der Waals surface area (Å²) in [6.07, 6.45) is 0. The largest absolute Gasteiger partial charge is 0.379 e. The highest BCUT2D eigenvalue weighted by atomic mass is 32.2. The normalized spacial score (nSPS) is 13.8. The van der Waals surface area contributed by atoms with Crippen LogP contribution in [-0.2, 0) is 10.1 Å². The molecule has 0 spiro atoms. The van der Waals surface area contributed by atoms with Crippen LogP contribution in [0.25, 0.3) is 21.5 Å². The SMILES string of the molecule is CCN1C(=O)c2cccc3cc(S(=O)(=O)Oc4ccc5ccccc5c4)cc(c23)C1=O. The van der Waals surface area contributed by atoms with Gasteiger partial charge in [0.15, 0.2) is 0 Å². The molecule has 0 atom stereocenters. The van der Waals surface area contributed by atoms with Gasteiger partial charge in [-0.05, 0) is 53.4 Å². The average molecular weight is 431 g/mol. The maximum absolute atomic E-state index is 13.1. The zero-order valence-electron chi connectivity index (χ0n) is 16.5. The number of carbonyl (C=O) groups excluding carboxylic acids is 2. The number of hydrogen-bond donors (Lipinski definition) is 0. The van der Waals surface area contributed by atoms with Gasteiger partial charge in [-0.2, -0.15) is 8.42 Å². The predicted octanol–water partition coefficient (Wildman–Crippen LogP) is 4.38. The molecule has 4 aromatic rings. The summed E-state index contributed by atoms with van der Waals surface area (Å²) in [5.74, 6) is -0.717. The van der Waals surface area contributed by atoms with Gasteiger partial charge in [-0.3, -0.25) is 14.5 Å². The number of imide groups is 1. The van der Waals surface area contributed by atoms with E-state index in [1.54, 1.807) is 43.3 Å². The first kappa shape index (κ1) is 19.3. The van der Waals surface area contributed by atoms with Crippen LogP contribution in [0, 0.1) is 0 Å². The van der Waals surface area contributed by atoms with E-state index in [-0.39, 0.29) is 28.7 Å². The van der Waals surface area contributed by atoms with Gasteiger partial charge in [0, 0.05) is 17.5 Å². The van der Waals surface area contributed by atoms with Crippen molar-refractivity contribution in [2.24, 2.45) is 0 Å². The van der Waals surface area contributed by atoms with Gasteiger partial charge in [0.25, 0.3) is 11.8 Å². The fourth-order valence-corrected chi connectivity index (χ4v) is 4.94. The van der Waals surface area contributed by atoms with E-state index in [1.165, 1.54) is 12.1 Å². The van der Waals surface area contributed by atoms with E-state index < -0.39 is 16.0 Å². The number of carbonyl (C=O) groups is 2. The molecule has 1 heterocycles. The lowest BCUT2D eigenvalue weighted by atomic mass is 9.94. The Bertz CT molecular complexity index is 1510. The van der Waals surface area contributed by atoms with Gasteiger partial charge in [-0.1, -0.05) is 42.5 Å². The minimum atomic E-state index is -4.21. The Balaban J connectivity index is 1.63. The Hall–Kier alpha value is -3.71. The minimum Gasteiger partial charge on any atom is -0.379 e. The second-order valence-electron chi connectivity index (χ2n) is 7.28. The lowest BCUT2D eigenvalue weighted by Crippen LogP contribution is -2.40. The summed E-state index contributed by atoms with van der Waals surface area (Å²) in [5, 5.41) is 2.77. The fourth-order valence-electron chi connectivity index (χ4n) is 3.96. The zero-order chi connectivity index (χ0) is 21.8. The Labute approximate surface area is 178 Å². The molecule has 0 aliphatic carbocycles. The summed E-state index contributed by atoms with van der Waals surface area (Å²) in [5.41, 5.74) is 0.559. The molecular formula is C24H17NO5S. The van der Waals surface area contributed by atoms with Crippen LogP contribution in [0.3, 0.4) is 0 Å². The van der Waals surface area contributed by atoms with E-state index in [0.29, 0.717) is 16.3 Å². The number of benzene rings is 4. The maximum Gasteiger partial charge on any atom is 0.339 e. The molecule has 5 rings (SSSR count). The van der Waals surface area contributed by atoms with Crippen molar-refractivity contribution < 1.29 is 22.2 Å². The molecule has 0 unspecified atom stereocenters. The van der Waals surface area contributed by atoms with Gasteiger partial charge in [-0.15, -0.1) is 0 Å². The molecule has 0 N–H and O–H groups in total. The molecule has 31 heavy (non-hydrogen) atoms. The quantitative estimate of drug-likeness (QED) is 0.354. The lowest BCUT2D eigenvalue weighted by Gasteiger charge is -2.26. The molecule has 0 fully saturated rings. The molecular weight excluding hydrogens is 414 g/mol. The minimum absolute atomic E-state index is 0.140. The standard InChI is InChI=1S/C24H17NO5S/c1-2-25-23(26)20-9-5-8-17-13-19(14-21(22(17)20)24(25)27)31(28,29)30-18-11-10-15-6-3-4-7-16(15)12-18/h3-14H,2H2,1H3. The number of amides is 2. The highest BCUT2D eigenvalue weighted by molar-refractivity contribution is 7.87. The van der Waals surface area contributed by atoms with Crippen molar-refractivity contribution in [1.29, 1.82) is 0 Å². The van der Waals surface area contributed by atoms with Crippen molar-refractivity contribution >= 4 is 43.5 Å². The Morgan fingerprint density at radius 1 is 0.774 bits per heavy atom. The van der Waals surface area contributed by atoms with Crippen LogP contribution in [-0.4, -0.2) is 31.7 Å². The number of fused-ring (bicyclic) bond motifs is 1. The molecule has 1 aliphatic rings. The summed E-state index contributed by atoms with van der Waals surface area (Å²) < 4.78 is 31.5. The summed E-state index contributed by atoms with van der Waals surface area (Å²) in [6.45, 7) is 1.89. The van der Waals surface area contributed by atoms with Crippen LogP contribution in [0.1, 0.15) is 27.6 Å². The Kier molecular flexibility index (Phi) is 4.30. The third-order valence-electron chi connectivity index (χ3n) is 5.43. The second-order valence-corrected chi connectivity index (χ2v) is 8.82. The highest BCUT2D eigenvalue weighted by Crippen LogP contribution is 2.33. The van der Waals surface area contributed by atoms with E-state index in [2.05, 4.69) is 0 Å². The third-order valence-corrected chi connectivity index (χ3v) is 6.66. The van der Waals surface area contributed by atoms with Crippen LogP contribution in [0.2, 0.25) is 0 Å². The maximum atomic E-state index is 13.1. The van der Waals surface area contributed by atoms with E-state index in [9.17, 15) is 18.0 Å². The van der Waals surface area contributed by atoms with Gasteiger partial charge in [0.2, 0.25) is 0 Å². The van der Waals surface area contributed by atoms with Crippen molar-refractivity contribution in [2.75, 3.05) is 6.54 Å². The molecule has 4 aromatic carbocycles. The topological polar surface area (TPSA) is 80.8 Å². The van der Waals surface area contributed by atoms with E-state index >= 15 is 0 Å². The van der Waals surface area contributed by atoms with Crippen LogP contribution in [0.5, 0.6) is 5.75 Å². The van der Waals surface area contributed by atoms with Crippen LogP contribution < -0.4 is 4.18 Å². The zero-order valence-corrected chi connectivity index (χ0v) is 17.3. The van der Waals surface area contributed by atoms with E-state index in [4.69, 9.17) is 4.18 Å². The average Bonchev–Trinajstić information content (AvgIpc) is 2.77. The van der Waals surface area contributed by atoms with Crippen molar-refractivity contribution in [2.45, 2.75) is 11.8 Å². The first-order valence-corrected chi connectivity index (χ1v) is 11.2. The molecule has 0 saturated heterocycles. The molecule has 0 radical (unpaired) electrons. The van der Waals surface area contributed by atoms with Gasteiger partial charge in [-0.25, -0.2) is 0 Å². The summed E-state index contributed by atoms with van der Waals surface area (Å²) in [4.78, 5) is 26.5. The molecule has 6 nitrogen and oxygen atoms in total. The van der Waals surface area contributed by atoms with Crippen LogP contribution >= 0.6 is 0 Å². The summed E-state index contributed by atoms with van der Waals surface area (Å²) >= 11 is 0. The van der Waals surface area contributed by atoms with Gasteiger partial charge >= 0.3 is 10.1 Å². The molecule has 0 saturated carbocycles. The predicted molar refractivity (Wildman–Crippen MR) is 117 cm³/mol. The molecule has 7 heteroatoms. The smallest absolute Gasteiger partial charge is 0.339 e. The lowest BCUT2D eigenvalue weighted by molar-refractivity contribution is 0.0619. The molecule has 1 aliphatic heterocycles. The van der Waals surface area contributed by atoms with Crippen molar-refractivity contribution in [3.05, 3.63) is 83.9 Å². The molecule has 0 bridgehead atoms. The second kappa shape index (κ2) is 6.92. The Morgan fingerprint density at radius 3 is 2.26 bits per heavy atom. The van der Waals surface area contributed by atoms with Gasteiger partial charge in [0.05, 0.1) is 5.56 Å². The third kappa shape index (κ3) is 3.05. The summed E-state index contributed by atoms with van der Waals surface area (Å²) in [7, 11) is -4.21.